The molecule has 2 saturated heterocycles. The van der Waals surface area contributed by atoms with E-state index in [1.54, 1.807) is 7.05 Å². The number of nitrogens with zero attached hydrogens (tertiary/aromatic N) is 1. The van der Waals surface area contributed by atoms with Gasteiger partial charge in [-0.15, -0.1) is 0 Å². The molecule has 7 nitrogen and oxygen atoms in total. The molecule has 0 aromatic rings. The summed E-state index contributed by atoms with van der Waals surface area (Å²) in [5.74, 6) is 1.08. The van der Waals surface area contributed by atoms with Crippen LogP contribution in [0.25, 0.3) is 0 Å². The van der Waals surface area contributed by atoms with E-state index in [1.807, 2.05) is 0 Å². The third kappa shape index (κ3) is 5.31. The molecule has 144 valence electrons. The van der Waals surface area contributed by atoms with Gasteiger partial charge in [-0.2, -0.15) is 0 Å². The highest BCUT2D eigenvalue weighted by Crippen LogP contribution is 2.36. The lowest BCUT2D eigenvalue weighted by Gasteiger charge is -2.26. The van der Waals surface area contributed by atoms with Crippen molar-refractivity contribution in [1.82, 2.24) is 10.6 Å². The zero-order valence-electron chi connectivity index (χ0n) is 15.1. The van der Waals surface area contributed by atoms with E-state index in [1.165, 1.54) is 25.7 Å². The fourth-order valence-corrected chi connectivity index (χ4v) is 5.81. The molecule has 2 atom stereocenters. The molecule has 0 radical (unpaired) electrons. The largest absolute Gasteiger partial charge is 0.356 e. The monoisotopic (exact) mass is 373 g/mol. The maximum Gasteiger partial charge on any atom is 0.191 e. The average Bonchev–Trinajstić information content (AvgIpc) is 3.05. The van der Waals surface area contributed by atoms with Crippen LogP contribution in [0.2, 0.25) is 0 Å². The van der Waals surface area contributed by atoms with Crippen LogP contribution in [0, 0.1) is 5.92 Å². The summed E-state index contributed by atoms with van der Waals surface area (Å²) in [6, 6.07) is 0. The smallest absolute Gasteiger partial charge is 0.191 e. The van der Waals surface area contributed by atoms with Crippen LogP contribution in [0.3, 0.4) is 0 Å². The van der Waals surface area contributed by atoms with Gasteiger partial charge in [0.05, 0.1) is 18.1 Å². The van der Waals surface area contributed by atoms with E-state index in [-0.39, 0.29) is 23.6 Å². The molecule has 2 heterocycles. The van der Waals surface area contributed by atoms with Crippen molar-refractivity contribution >= 4 is 15.8 Å². The van der Waals surface area contributed by atoms with Gasteiger partial charge in [0, 0.05) is 33.0 Å². The van der Waals surface area contributed by atoms with Gasteiger partial charge in [-0.25, -0.2) is 8.42 Å². The van der Waals surface area contributed by atoms with Crippen LogP contribution in [0.1, 0.15) is 44.9 Å². The topological polar surface area (TPSA) is 89.0 Å². The number of aliphatic imine (C=N–C) groups is 1. The van der Waals surface area contributed by atoms with E-state index in [4.69, 9.17) is 9.47 Å². The second-order valence-electron chi connectivity index (χ2n) is 7.48. The molecular weight excluding hydrogens is 342 g/mol. The highest BCUT2D eigenvalue weighted by atomic mass is 32.2. The summed E-state index contributed by atoms with van der Waals surface area (Å²) in [6.45, 7) is 1.89. The van der Waals surface area contributed by atoms with Gasteiger partial charge >= 0.3 is 0 Å². The van der Waals surface area contributed by atoms with Crippen molar-refractivity contribution in [3.05, 3.63) is 0 Å². The molecule has 0 amide bonds. The number of hydrogen-bond acceptors (Lipinski definition) is 5. The minimum Gasteiger partial charge on any atom is -0.356 e. The Balaban J connectivity index is 1.40. The lowest BCUT2D eigenvalue weighted by atomic mass is 10.1. The maximum absolute atomic E-state index is 11.5. The predicted molar refractivity (Wildman–Crippen MR) is 97.4 cm³/mol. The zero-order chi connectivity index (χ0) is 17.8. The average molecular weight is 374 g/mol. The Morgan fingerprint density at radius 3 is 2.52 bits per heavy atom. The van der Waals surface area contributed by atoms with Crippen LogP contribution in [0.4, 0.5) is 0 Å². The van der Waals surface area contributed by atoms with Crippen LogP contribution in [0.5, 0.6) is 0 Å². The molecule has 1 saturated carbocycles. The molecule has 8 heteroatoms. The van der Waals surface area contributed by atoms with Crippen molar-refractivity contribution in [3.63, 3.8) is 0 Å². The van der Waals surface area contributed by atoms with Crippen LogP contribution in [-0.4, -0.2) is 64.5 Å². The van der Waals surface area contributed by atoms with Gasteiger partial charge in [0.2, 0.25) is 0 Å². The first-order valence-electron chi connectivity index (χ1n) is 9.47. The summed E-state index contributed by atoms with van der Waals surface area (Å²) in [4.78, 5) is 4.21. The minimum atomic E-state index is -2.83. The lowest BCUT2D eigenvalue weighted by molar-refractivity contribution is -0.175. The molecule has 0 bridgehead atoms. The summed E-state index contributed by atoms with van der Waals surface area (Å²) in [7, 11) is -1.11. The van der Waals surface area contributed by atoms with Crippen molar-refractivity contribution < 1.29 is 17.9 Å². The lowest BCUT2D eigenvalue weighted by Crippen LogP contribution is -2.44. The Morgan fingerprint density at radius 2 is 1.88 bits per heavy atom. The molecule has 2 unspecified atom stereocenters. The Hall–Kier alpha value is -0.860. The second kappa shape index (κ2) is 8.22. The quantitative estimate of drug-likeness (QED) is 0.566. The molecular formula is C17H31N3O4S. The fourth-order valence-electron chi connectivity index (χ4n) is 3.95. The van der Waals surface area contributed by atoms with Crippen molar-refractivity contribution in [1.29, 1.82) is 0 Å². The number of guanidine groups is 1. The summed E-state index contributed by atoms with van der Waals surface area (Å²) in [5, 5.41) is 6.51. The van der Waals surface area contributed by atoms with Gasteiger partial charge < -0.3 is 20.1 Å². The molecule has 0 aromatic carbocycles. The normalized spacial score (nSPS) is 31.8. The fraction of sp³-hybridized carbons (Fsp3) is 0.941. The molecule has 3 aliphatic rings. The summed E-state index contributed by atoms with van der Waals surface area (Å²) in [5.41, 5.74) is 0. The van der Waals surface area contributed by atoms with Crippen LogP contribution in [-0.2, 0) is 19.3 Å². The third-order valence-electron chi connectivity index (χ3n) is 5.38. The first-order chi connectivity index (χ1) is 12.0. The van der Waals surface area contributed by atoms with Crippen LogP contribution >= 0.6 is 0 Å². The molecule has 0 aromatic heterocycles. The standard InChI is InChI=1S/C17H31N3O4S/c1-18-16(19-10-14-6-9-25(21,22)13-14)20-11-15-12-23-17(24-15)7-4-2-3-5-8-17/h14-15H,2-13H2,1H3,(H2,18,19,20). The number of nitrogens with one attached hydrogen (secondary N) is 2. The molecule has 2 aliphatic heterocycles. The molecule has 3 rings (SSSR count). The predicted octanol–water partition coefficient (Wildman–Crippen LogP) is 1.05. The van der Waals surface area contributed by atoms with E-state index in [0.717, 1.165) is 19.3 Å². The van der Waals surface area contributed by atoms with E-state index >= 15 is 0 Å². The molecule has 2 N–H and O–H groups in total. The maximum atomic E-state index is 11.5. The van der Waals surface area contributed by atoms with Gasteiger partial charge in [0.15, 0.2) is 21.6 Å². The summed E-state index contributed by atoms with van der Waals surface area (Å²) < 4.78 is 35.3. The van der Waals surface area contributed by atoms with Crippen molar-refractivity contribution in [2.45, 2.75) is 56.8 Å². The van der Waals surface area contributed by atoms with Gasteiger partial charge in [0.25, 0.3) is 0 Å². The van der Waals surface area contributed by atoms with Crippen molar-refractivity contribution in [2.24, 2.45) is 10.9 Å². The summed E-state index contributed by atoms with van der Waals surface area (Å²) in [6.07, 6.45) is 7.63. The highest BCUT2D eigenvalue weighted by Gasteiger charge is 2.41. The SMILES string of the molecule is CN=C(NCC1CCS(=O)(=O)C1)NCC1COC2(CCCCCC2)O1. The van der Waals surface area contributed by atoms with Crippen LogP contribution in [0.15, 0.2) is 4.99 Å². The first kappa shape index (κ1) is 18.9. The van der Waals surface area contributed by atoms with Gasteiger partial charge in [-0.05, 0) is 25.2 Å². The molecule has 1 spiro atoms. The van der Waals surface area contributed by atoms with Gasteiger partial charge in [-0.1, -0.05) is 12.8 Å². The van der Waals surface area contributed by atoms with Gasteiger partial charge in [-0.3, -0.25) is 4.99 Å². The minimum absolute atomic E-state index is 0.0310. The van der Waals surface area contributed by atoms with Crippen molar-refractivity contribution in [3.8, 4) is 0 Å². The Bertz CT molecular complexity index is 570. The van der Waals surface area contributed by atoms with E-state index in [2.05, 4.69) is 15.6 Å². The molecule has 3 fully saturated rings. The van der Waals surface area contributed by atoms with E-state index in [9.17, 15) is 8.42 Å². The Kier molecular flexibility index (Phi) is 6.22. The highest BCUT2D eigenvalue weighted by molar-refractivity contribution is 7.91. The zero-order valence-corrected chi connectivity index (χ0v) is 15.9. The number of hydrogen-bond donors (Lipinski definition) is 2. The first-order valence-corrected chi connectivity index (χ1v) is 11.3. The Morgan fingerprint density at radius 1 is 1.16 bits per heavy atom. The second-order valence-corrected chi connectivity index (χ2v) is 9.71. The van der Waals surface area contributed by atoms with Crippen molar-refractivity contribution in [2.75, 3.05) is 38.2 Å². The molecule has 25 heavy (non-hydrogen) atoms. The van der Waals surface area contributed by atoms with E-state index in [0.29, 0.717) is 31.4 Å². The number of ether oxygens (including phenoxy) is 2. The van der Waals surface area contributed by atoms with Crippen LogP contribution < -0.4 is 10.6 Å². The summed E-state index contributed by atoms with van der Waals surface area (Å²) >= 11 is 0. The third-order valence-corrected chi connectivity index (χ3v) is 7.22. The van der Waals surface area contributed by atoms with E-state index < -0.39 is 9.84 Å². The Labute approximate surface area is 150 Å². The van der Waals surface area contributed by atoms with Gasteiger partial charge in [0.1, 0.15) is 6.10 Å². The number of sulfone groups is 1. The molecule has 1 aliphatic carbocycles. The number of rotatable bonds is 4.